The molecule has 5 heteroatoms. The molecule has 1 aliphatic heterocycles. The molecule has 0 aromatic carbocycles. The van der Waals surface area contributed by atoms with Crippen LogP contribution in [0, 0.1) is 45.3 Å². The smallest absolute Gasteiger partial charge is 0.302 e. The number of aliphatic hydroxyl groups excluding tert-OH is 1. The van der Waals surface area contributed by atoms with Crippen LogP contribution in [0.3, 0.4) is 0 Å². The average Bonchev–Trinajstić information content (AvgIpc) is 3.37. The molecular weight excluding hydrogens is 464 g/mol. The van der Waals surface area contributed by atoms with Crippen LogP contribution in [0.5, 0.6) is 0 Å². The summed E-state index contributed by atoms with van der Waals surface area (Å²) in [6, 6.07) is 0. The van der Waals surface area contributed by atoms with Crippen molar-refractivity contribution < 1.29 is 24.5 Å². The van der Waals surface area contributed by atoms with E-state index in [0.717, 1.165) is 32.1 Å². The van der Waals surface area contributed by atoms with Crippen molar-refractivity contribution in [3.63, 3.8) is 0 Å². The number of esters is 1. The van der Waals surface area contributed by atoms with Crippen molar-refractivity contribution in [3.05, 3.63) is 0 Å². The molecule has 2 N–H and O–H groups in total. The lowest BCUT2D eigenvalue weighted by molar-refractivity contribution is -0.246. The Labute approximate surface area is 225 Å². The Bertz CT molecular complexity index is 907. The number of fused-ring (bicyclic) bond motifs is 5. The fourth-order valence-electron chi connectivity index (χ4n) is 11.5. The predicted octanol–water partition coefficient (Wildman–Crippen LogP) is 6.28. The molecule has 1 heterocycles. The minimum Gasteiger partial charge on any atom is -0.462 e. The zero-order valence-corrected chi connectivity index (χ0v) is 24.9. The summed E-state index contributed by atoms with van der Waals surface area (Å²) >= 11 is 0. The second-order valence-electron chi connectivity index (χ2n) is 15.8. The van der Waals surface area contributed by atoms with Gasteiger partial charge in [-0.15, -0.1) is 0 Å². The molecule has 5 aliphatic rings. The van der Waals surface area contributed by atoms with Gasteiger partial charge in [0.15, 0.2) is 0 Å². The number of aliphatic hydroxyl groups is 2. The minimum atomic E-state index is -0.799. The summed E-state index contributed by atoms with van der Waals surface area (Å²) < 4.78 is 12.6. The van der Waals surface area contributed by atoms with Gasteiger partial charge in [-0.25, -0.2) is 0 Å². The fourth-order valence-corrected chi connectivity index (χ4v) is 11.5. The molecule has 10 atom stereocenters. The van der Waals surface area contributed by atoms with Crippen LogP contribution >= 0.6 is 0 Å². The number of hydrogen-bond acceptors (Lipinski definition) is 5. The summed E-state index contributed by atoms with van der Waals surface area (Å²) in [7, 11) is 0. The van der Waals surface area contributed by atoms with Crippen molar-refractivity contribution in [2.45, 2.75) is 143 Å². The quantitative estimate of drug-likeness (QED) is 0.428. The minimum absolute atomic E-state index is 0.0648. The molecule has 0 spiro atoms. The average molecular weight is 519 g/mol. The Balaban J connectivity index is 1.44. The van der Waals surface area contributed by atoms with Crippen LogP contribution in [-0.2, 0) is 14.3 Å². The van der Waals surface area contributed by atoms with Gasteiger partial charge in [-0.2, -0.15) is 0 Å². The third kappa shape index (κ3) is 3.83. The molecule has 5 rings (SSSR count). The molecule has 0 amide bonds. The zero-order chi connectivity index (χ0) is 27.2. The second-order valence-corrected chi connectivity index (χ2v) is 15.8. The Morgan fingerprint density at radius 2 is 1.54 bits per heavy atom. The van der Waals surface area contributed by atoms with Gasteiger partial charge in [0.2, 0.25) is 0 Å². The first kappa shape index (κ1) is 27.9. The van der Waals surface area contributed by atoms with E-state index in [-0.39, 0.29) is 52.0 Å². The summed E-state index contributed by atoms with van der Waals surface area (Å²) in [6.07, 6.45) is 10.7. The van der Waals surface area contributed by atoms with Crippen LogP contribution in [0.2, 0.25) is 0 Å². The van der Waals surface area contributed by atoms with E-state index in [1.807, 2.05) is 13.8 Å². The molecule has 1 saturated heterocycles. The number of hydrogen-bond donors (Lipinski definition) is 2. The van der Waals surface area contributed by atoms with Crippen molar-refractivity contribution in [1.29, 1.82) is 0 Å². The van der Waals surface area contributed by atoms with Gasteiger partial charge < -0.3 is 19.7 Å². The van der Waals surface area contributed by atoms with E-state index in [2.05, 4.69) is 34.6 Å². The van der Waals surface area contributed by atoms with Gasteiger partial charge in [-0.05, 0) is 119 Å². The van der Waals surface area contributed by atoms with Crippen LogP contribution in [-0.4, -0.2) is 46.2 Å². The normalized spacial score (nSPS) is 51.2. The summed E-state index contributed by atoms with van der Waals surface area (Å²) in [4.78, 5) is 11.9. The predicted molar refractivity (Wildman–Crippen MR) is 145 cm³/mol. The molecule has 0 bridgehead atoms. The molecular formula is C32H54O5. The maximum Gasteiger partial charge on any atom is 0.302 e. The van der Waals surface area contributed by atoms with Crippen LogP contribution in [0.4, 0.5) is 0 Å². The van der Waals surface area contributed by atoms with E-state index < -0.39 is 5.60 Å². The van der Waals surface area contributed by atoms with E-state index in [0.29, 0.717) is 23.7 Å². The van der Waals surface area contributed by atoms with Crippen molar-refractivity contribution in [3.8, 4) is 0 Å². The summed E-state index contributed by atoms with van der Waals surface area (Å²) in [6.45, 7) is 17.6. The Morgan fingerprint density at radius 1 is 0.865 bits per heavy atom. The Morgan fingerprint density at radius 3 is 2.14 bits per heavy atom. The highest BCUT2D eigenvalue weighted by atomic mass is 16.5. The number of rotatable bonds is 4. The molecule has 37 heavy (non-hydrogen) atoms. The highest BCUT2D eigenvalue weighted by molar-refractivity contribution is 5.66. The third-order valence-electron chi connectivity index (χ3n) is 13.5. The standard InChI is InChI=1S/C32H54O5/c1-20(34)36-25-14-18-32(19-33)23(27(25,2)3)12-16-30(7)24(32)10-9-21-22(11-15-29(21,30)6)31(8)17-13-26(37-31)28(4,5)35/h21-26,33,35H,9-19H2,1-8H3/t21-,22+,23+,24+,25?,26+,29-,30-,31+,32-/m1/s1. The molecule has 4 saturated carbocycles. The van der Waals surface area contributed by atoms with Gasteiger partial charge in [0, 0.05) is 24.4 Å². The lowest BCUT2D eigenvalue weighted by Gasteiger charge is -2.70. The molecule has 0 aromatic rings. The Hall–Kier alpha value is -0.650. The van der Waals surface area contributed by atoms with Crippen molar-refractivity contribution in [2.24, 2.45) is 45.3 Å². The van der Waals surface area contributed by atoms with E-state index >= 15 is 0 Å². The Kier molecular flexibility index (Phi) is 6.54. The van der Waals surface area contributed by atoms with Crippen LogP contribution in [0.15, 0.2) is 0 Å². The largest absolute Gasteiger partial charge is 0.462 e. The summed E-state index contributed by atoms with van der Waals surface area (Å²) in [5.41, 5.74) is -0.790. The first-order valence-electron chi connectivity index (χ1n) is 15.2. The summed E-state index contributed by atoms with van der Waals surface area (Å²) in [5.74, 6) is 1.82. The lowest BCUT2D eigenvalue weighted by atomic mass is 9.35. The van der Waals surface area contributed by atoms with Gasteiger partial charge in [0.25, 0.3) is 0 Å². The maximum atomic E-state index is 11.9. The molecule has 212 valence electrons. The van der Waals surface area contributed by atoms with Crippen LogP contribution in [0.25, 0.3) is 0 Å². The SMILES string of the molecule is CC(=O)OC1CC[C@]2(CO)[C@H]3CC[C@@H]4[C@@H]([C@]5(C)CC[C@@H](C(C)(C)O)O5)CC[C@@]4(C)[C@]3(C)CC[C@H]2C1(C)C. The summed E-state index contributed by atoms with van der Waals surface area (Å²) in [5, 5.41) is 21.8. The van der Waals surface area contributed by atoms with Gasteiger partial charge >= 0.3 is 5.97 Å². The van der Waals surface area contributed by atoms with E-state index in [4.69, 9.17) is 9.47 Å². The van der Waals surface area contributed by atoms with Crippen LogP contribution < -0.4 is 0 Å². The highest BCUT2D eigenvalue weighted by Gasteiger charge is 2.71. The van der Waals surface area contributed by atoms with Crippen molar-refractivity contribution >= 4 is 5.97 Å². The van der Waals surface area contributed by atoms with Gasteiger partial charge in [0.1, 0.15) is 6.10 Å². The second kappa shape index (κ2) is 8.67. The fraction of sp³-hybridized carbons (Fsp3) is 0.969. The first-order valence-corrected chi connectivity index (χ1v) is 15.2. The lowest BCUT2D eigenvalue weighted by Crippen LogP contribution is -2.66. The molecule has 5 fully saturated rings. The van der Waals surface area contributed by atoms with Gasteiger partial charge in [-0.1, -0.05) is 27.7 Å². The van der Waals surface area contributed by atoms with Crippen molar-refractivity contribution in [2.75, 3.05) is 6.61 Å². The molecule has 4 aliphatic carbocycles. The van der Waals surface area contributed by atoms with E-state index in [1.165, 1.54) is 39.0 Å². The maximum absolute atomic E-state index is 11.9. The first-order chi connectivity index (χ1) is 17.1. The molecule has 1 unspecified atom stereocenters. The van der Waals surface area contributed by atoms with E-state index in [1.54, 1.807) is 0 Å². The molecule has 5 nitrogen and oxygen atoms in total. The number of ether oxygens (including phenoxy) is 2. The number of carbonyl (C=O) groups excluding carboxylic acids is 1. The zero-order valence-electron chi connectivity index (χ0n) is 24.9. The monoisotopic (exact) mass is 518 g/mol. The highest BCUT2D eigenvalue weighted by Crippen LogP contribution is 2.76. The molecule has 0 radical (unpaired) electrons. The third-order valence-corrected chi connectivity index (χ3v) is 13.5. The topological polar surface area (TPSA) is 76.0 Å². The molecule has 0 aromatic heterocycles. The van der Waals surface area contributed by atoms with Gasteiger partial charge in [0.05, 0.1) is 17.3 Å². The van der Waals surface area contributed by atoms with Gasteiger partial charge in [-0.3, -0.25) is 4.79 Å². The van der Waals surface area contributed by atoms with Crippen LogP contribution in [0.1, 0.15) is 120 Å². The number of carbonyl (C=O) groups is 1. The van der Waals surface area contributed by atoms with Crippen molar-refractivity contribution in [1.82, 2.24) is 0 Å². The van der Waals surface area contributed by atoms with E-state index in [9.17, 15) is 15.0 Å².